The largest absolute Gasteiger partial charge is 0.384 e. The van der Waals surface area contributed by atoms with Crippen LogP contribution in [0, 0.1) is 0 Å². The number of aromatic amines is 1. The predicted octanol–water partition coefficient (Wildman–Crippen LogP) is -0.830. The zero-order valence-corrected chi connectivity index (χ0v) is 13.1. The lowest BCUT2D eigenvalue weighted by Crippen LogP contribution is -3.12. The van der Waals surface area contributed by atoms with Crippen LogP contribution in [0.2, 0.25) is 0 Å². The van der Waals surface area contributed by atoms with E-state index in [4.69, 9.17) is 5.73 Å². The fourth-order valence-corrected chi connectivity index (χ4v) is 3.02. The van der Waals surface area contributed by atoms with E-state index < -0.39 is 11.2 Å². The van der Waals surface area contributed by atoms with Crippen LogP contribution in [0.3, 0.4) is 0 Å². The Morgan fingerprint density at radius 1 is 1.23 bits per heavy atom. The summed E-state index contributed by atoms with van der Waals surface area (Å²) in [4.78, 5) is 39.7. The van der Waals surface area contributed by atoms with E-state index in [-0.39, 0.29) is 23.7 Å². The summed E-state index contributed by atoms with van der Waals surface area (Å²) in [7, 11) is 0. The number of carbonyl (C=O) groups excluding carboxylic acids is 1. The molecule has 1 aromatic heterocycles. The molecular formula is C15H25N4O3+. The molecule has 4 N–H and O–H groups in total. The van der Waals surface area contributed by atoms with Gasteiger partial charge in [0, 0.05) is 6.54 Å². The van der Waals surface area contributed by atoms with Gasteiger partial charge < -0.3 is 10.6 Å². The van der Waals surface area contributed by atoms with Gasteiger partial charge in [-0.15, -0.1) is 0 Å². The van der Waals surface area contributed by atoms with Crippen LogP contribution in [-0.4, -0.2) is 35.0 Å². The number of anilines is 1. The quantitative estimate of drug-likeness (QED) is 0.618. The van der Waals surface area contributed by atoms with E-state index in [1.165, 1.54) is 22.3 Å². The van der Waals surface area contributed by atoms with Gasteiger partial charge in [0.05, 0.1) is 13.1 Å². The van der Waals surface area contributed by atoms with Crippen LogP contribution in [0.15, 0.2) is 9.59 Å². The first-order valence-electron chi connectivity index (χ1n) is 8.04. The lowest BCUT2D eigenvalue weighted by Gasteiger charge is -2.17. The average Bonchev–Trinajstić information content (AvgIpc) is 2.71. The van der Waals surface area contributed by atoms with Gasteiger partial charge in [-0.05, 0) is 32.1 Å². The van der Waals surface area contributed by atoms with E-state index in [1.54, 1.807) is 0 Å². The fourth-order valence-electron chi connectivity index (χ4n) is 3.02. The van der Waals surface area contributed by atoms with Gasteiger partial charge in [0.15, 0.2) is 0 Å². The van der Waals surface area contributed by atoms with Crippen molar-refractivity contribution in [3.8, 4) is 0 Å². The number of likely N-dealkylation sites (tertiary alicyclic amines) is 1. The number of Topliss-reactive ketones (excluding diaryl/α,β-unsaturated/α-hetero) is 1. The second-order valence-corrected chi connectivity index (χ2v) is 5.94. The normalized spacial score (nSPS) is 16.4. The number of H-pyrrole nitrogens is 1. The van der Waals surface area contributed by atoms with Gasteiger partial charge in [-0.25, -0.2) is 4.79 Å². The third-order valence-electron chi connectivity index (χ3n) is 4.19. The maximum atomic E-state index is 12.5. The van der Waals surface area contributed by atoms with Crippen LogP contribution in [0.1, 0.15) is 49.4 Å². The van der Waals surface area contributed by atoms with E-state index in [2.05, 4.69) is 4.98 Å². The van der Waals surface area contributed by atoms with Gasteiger partial charge in [-0.3, -0.25) is 19.1 Å². The standard InChI is InChI=1S/C15H24N4O3/c1-2-7-19-13(16)12(14(21)17-15(19)22)11(20)10-18-8-5-3-4-6-9-18/h2-10,16H2,1H3,(H,17,21,22)/p+1. The van der Waals surface area contributed by atoms with Crippen LogP contribution in [0.4, 0.5) is 5.82 Å². The van der Waals surface area contributed by atoms with Gasteiger partial charge >= 0.3 is 5.69 Å². The SMILES string of the molecule is CCCn1c(N)c(C(=O)C[NH+]2CCCCCC2)c(=O)[nH]c1=O. The maximum Gasteiger partial charge on any atom is 0.329 e. The Hall–Kier alpha value is -1.89. The highest BCUT2D eigenvalue weighted by molar-refractivity contribution is 6.00. The first-order chi connectivity index (χ1) is 10.5. The topological polar surface area (TPSA) is 102 Å². The smallest absolute Gasteiger partial charge is 0.329 e. The molecule has 0 aromatic carbocycles. The van der Waals surface area contributed by atoms with Crippen molar-refractivity contribution in [3.05, 3.63) is 26.4 Å². The molecule has 7 heteroatoms. The van der Waals surface area contributed by atoms with Crippen molar-refractivity contribution in [3.63, 3.8) is 0 Å². The van der Waals surface area contributed by atoms with Crippen LogP contribution >= 0.6 is 0 Å². The average molecular weight is 309 g/mol. The molecule has 1 aromatic rings. The van der Waals surface area contributed by atoms with E-state index in [1.807, 2.05) is 6.92 Å². The van der Waals surface area contributed by atoms with E-state index >= 15 is 0 Å². The number of nitrogen functional groups attached to an aromatic ring is 1. The van der Waals surface area contributed by atoms with Crippen LogP contribution in [-0.2, 0) is 6.54 Å². The van der Waals surface area contributed by atoms with Gasteiger partial charge in [0.2, 0.25) is 5.78 Å². The van der Waals surface area contributed by atoms with Crippen molar-refractivity contribution in [1.29, 1.82) is 0 Å². The van der Waals surface area contributed by atoms with E-state index in [0.717, 1.165) is 25.9 Å². The number of ketones is 1. The third-order valence-corrected chi connectivity index (χ3v) is 4.19. The molecule has 0 radical (unpaired) electrons. The van der Waals surface area contributed by atoms with Crippen molar-refractivity contribution < 1.29 is 9.69 Å². The number of nitrogens with two attached hydrogens (primary N) is 1. The second kappa shape index (κ2) is 7.40. The van der Waals surface area contributed by atoms with Crippen molar-refractivity contribution in [1.82, 2.24) is 9.55 Å². The van der Waals surface area contributed by atoms with Gasteiger partial charge in [-0.2, -0.15) is 0 Å². The molecule has 1 saturated heterocycles. The molecule has 1 aliphatic rings. The molecular weight excluding hydrogens is 284 g/mol. The molecule has 0 saturated carbocycles. The minimum atomic E-state index is -0.672. The zero-order valence-electron chi connectivity index (χ0n) is 13.1. The summed E-state index contributed by atoms with van der Waals surface area (Å²) in [5, 5.41) is 0. The number of rotatable bonds is 5. The molecule has 1 aliphatic heterocycles. The molecule has 22 heavy (non-hydrogen) atoms. The molecule has 0 aliphatic carbocycles. The van der Waals surface area contributed by atoms with Crippen LogP contribution in [0.25, 0.3) is 0 Å². The summed E-state index contributed by atoms with van der Waals surface area (Å²) in [6.07, 6.45) is 5.29. The Kier molecular flexibility index (Phi) is 5.54. The number of carbonyl (C=O) groups is 1. The van der Waals surface area contributed by atoms with Crippen LogP contribution in [0.5, 0.6) is 0 Å². The predicted molar refractivity (Wildman–Crippen MR) is 84.4 cm³/mol. The summed E-state index contributed by atoms with van der Waals surface area (Å²) >= 11 is 0. The Labute approximate surface area is 129 Å². The lowest BCUT2D eigenvalue weighted by molar-refractivity contribution is -0.890. The molecule has 0 amide bonds. The van der Waals surface area contributed by atoms with Crippen LogP contribution < -0.4 is 21.9 Å². The highest BCUT2D eigenvalue weighted by atomic mass is 16.2. The number of aromatic nitrogens is 2. The minimum Gasteiger partial charge on any atom is -0.384 e. The Morgan fingerprint density at radius 2 is 1.86 bits per heavy atom. The Morgan fingerprint density at radius 3 is 2.45 bits per heavy atom. The van der Waals surface area contributed by atoms with Crippen molar-refractivity contribution in [2.45, 2.75) is 45.6 Å². The fraction of sp³-hybridized carbons (Fsp3) is 0.667. The molecule has 0 unspecified atom stereocenters. The lowest BCUT2D eigenvalue weighted by atomic mass is 10.1. The van der Waals surface area contributed by atoms with Gasteiger partial charge in [0.25, 0.3) is 5.56 Å². The first-order valence-corrected chi connectivity index (χ1v) is 8.04. The van der Waals surface area contributed by atoms with Crippen molar-refractivity contribution >= 4 is 11.6 Å². The maximum absolute atomic E-state index is 12.5. The third kappa shape index (κ3) is 3.65. The van der Waals surface area contributed by atoms with E-state index in [0.29, 0.717) is 13.0 Å². The molecule has 122 valence electrons. The second-order valence-electron chi connectivity index (χ2n) is 5.94. The molecule has 7 nitrogen and oxygen atoms in total. The van der Waals surface area contributed by atoms with Gasteiger partial charge in [0.1, 0.15) is 17.9 Å². The number of nitrogens with one attached hydrogen (secondary N) is 2. The zero-order chi connectivity index (χ0) is 16.1. The number of nitrogens with zero attached hydrogens (tertiary/aromatic N) is 1. The molecule has 0 spiro atoms. The summed E-state index contributed by atoms with van der Waals surface area (Å²) in [5.74, 6) is -0.282. The highest BCUT2D eigenvalue weighted by Gasteiger charge is 2.23. The van der Waals surface area contributed by atoms with Crippen molar-refractivity contribution in [2.24, 2.45) is 0 Å². The summed E-state index contributed by atoms with van der Waals surface area (Å²) < 4.78 is 1.27. The highest BCUT2D eigenvalue weighted by Crippen LogP contribution is 2.05. The number of hydrogen-bond donors (Lipinski definition) is 3. The molecule has 0 atom stereocenters. The van der Waals surface area contributed by atoms with Crippen molar-refractivity contribution in [2.75, 3.05) is 25.4 Å². The molecule has 1 fully saturated rings. The Balaban J connectivity index is 2.27. The summed E-state index contributed by atoms with van der Waals surface area (Å²) in [6, 6.07) is 0. The number of hydrogen-bond acceptors (Lipinski definition) is 4. The monoisotopic (exact) mass is 309 g/mol. The van der Waals surface area contributed by atoms with E-state index in [9.17, 15) is 14.4 Å². The molecule has 2 heterocycles. The summed E-state index contributed by atoms with van der Waals surface area (Å²) in [6.45, 7) is 4.44. The minimum absolute atomic E-state index is 0.00479. The number of quaternary nitrogens is 1. The van der Waals surface area contributed by atoms with Gasteiger partial charge in [-0.1, -0.05) is 6.92 Å². The summed E-state index contributed by atoms with van der Waals surface area (Å²) in [5.41, 5.74) is 4.63. The Bertz CT molecular complexity index is 639. The first kappa shape index (κ1) is 16.5. The molecule has 2 rings (SSSR count). The molecule has 0 bridgehead atoms.